The van der Waals surface area contributed by atoms with Crippen LogP contribution < -0.4 is 24.0 Å². The lowest BCUT2D eigenvalue weighted by atomic mass is 10.1. The van der Waals surface area contributed by atoms with Crippen molar-refractivity contribution < 1.29 is 28.5 Å². The predicted octanol–water partition coefficient (Wildman–Crippen LogP) is -1.19. The molecule has 0 aromatic carbocycles. The van der Waals surface area contributed by atoms with Crippen LogP contribution in [-0.4, -0.2) is 31.2 Å². The number of hydrogen-bond donors (Lipinski definition) is 0. The van der Waals surface area contributed by atoms with Crippen molar-refractivity contribution in [2.45, 2.75) is 19.3 Å². The normalized spacial score (nSPS) is 21.9. The molecular weight excluding hydrogens is 249 g/mol. The number of likely N-dealkylation sites (N-methyl/N-ethyl adjacent to an activating group) is 1. The minimum absolute atomic E-state index is 0. The molecule has 2 heteroatoms. The van der Waals surface area contributed by atoms with E-state index >= 15 is 0 Å². The van der Waals surface area contributed by atoms with E-state index in [1.165, 1.54) is 36.8 Å². The van der Waals surface area contributed by atoms with Crippen LogP contribution >= 0.6 is 0 Å². The summed E-state index contributed by atoms with van der Waals surface area (Å²) in [6, 6.07) is 0. The van der Waals surface area contributed by atoms with Crippen molar-refractivity contribution in [2.24, 2.45) is 0 Å². The Morgan fingerprint density at radius 3 is 2.27 bits per heavy atom. The van der Waals surface area contributed by atoms with Gasteiger partial charge in [-0.2, -0.15) is 0 Å². The van der Waals surface area contributed by atoms with Crippen LogP contribution in [0, 0.1) is 0 Å². The Balaban J connectivity index is 0.000001000. The first kappa shape index (κ1) is 11.4. The van der Waals surface area contributed by atoms with Crippen molar-refractivity contribution >= 4 is 0 Å². The van der Waals surface area contributed by atoms with E-state index in [1.54, 1.807) is 0 Å². The van der Waals surface area contributed by atoms with Crippen LogP contribution in [0.25, 0.3) is 0 Å². The van der Waals surface area contributed by atoms with E-state index in [0.717, 1.165) is 6.54 Å². The number of piperidine rings is 1. The molecule has 0 N–H and O–H groups in total. The summed E-state index contributed by atoms with van der Waals surface area (Å²) >= 11 is 0. The lowest BCUT2D eigenvalue weighted by Gasteiger charge is -2.36. The standard InChI is InChI=1S/C9H18N.HI/c1-3-7-10(2)8-5-4-6-9-10;/h3H,1,4-9H2,2H3;1H/q+1;/p-1. The van der Waals surface area contributed by atoms with E-state index in [2.05, 4.69) is 13.6 Å². The van der Waals surface area contributed by atoms with Gasteiger partial charge in [0.1, 0.15) is 0 Å². The summed E-state index contributed by atoms with van der Waals surface area (Å²) in [5, 5.41) is 0. The maximum Gasteiger partial charge on any atom is 0.0969 e. The highest BCUT2D eigenvalue weighted by molar-refractivity contribution is 4.66. The second-order valence-corrected chi connectivity index (χ2v) is 3.60. The minimum Gasteiger partial charge on any atom is -1.00 e. The third kappa shape index (κ3) is 3.56. The molecule has 0 amide bonds. The van der Waals surface area contributed by atoms with E-state index in [4.69, 9.17) is 0 Å². The first-order valence-corrected chi connectivity index (χ1v) is 4.21. The Morgan fingerprint density at radius 1 is 1.27 bits per heavy atom. The Labute approximate surface area is 87.1 Å². The number of nitrogens with zero attached hydrogens (tertiary/aromatic N) is 1. The zero-order valence-electron chi connectivity index (χ0n) is 7.35. The van der Waals surface area contributed by atoms with Crippen LogP contribution in [-0.2, 0) is 0 Å². The Bertz CT molecular complexity index is 117. The van der Waals surface area contributed by atoms with Gasteiger partial charge in [0.15, 0.2) is 0 Å². The fraction of sp³-hybridized carbons (Fsp3) is 0.778. The van der Waals surface area contributed by atoms with Crippen LogP contribution in [0.2, 0.25) is 0 Å². The average Bonchev–Trinajstić information content (AvgIpc) is 1.89. The van der Waals surface area contributed by atoms with Gasteiger partial charge >= 0.3 is 0 Å². The van der Waals surface area contributed by atoms with E-state index in [0.29, 0.717) is 0 Å². The zero-order valence-corrected chi connectivity index (χ0v) is 9.51. The molecule has 1 aliphatic heterocycles. The number of quaternary nitrogens is 1. The maximum absolute atomic E-state index is 3.78. The molecule has 1 saturated heterocycles. The van der Waals surface area contributed by atoms with Crippen molar-refractivity contribution in [3.05, 3.63) is 12.7 Å². The summed E-state index contributed by atoms with van der Waals surface area (Å²) < 4.78 is 1.23. The van der Waals surface area contributed by atoms with Gasteiger partial charge in [-0.25, -0.2) is 0 Å². The lowest BCUT2D eigenvalue weighted by molar-refractivity contribution is -0.908. The lowest BCUT2D eigenvalue weighted by Crippen LogP contribution is -3.00. The van der Waals surface area contributed by atoms with Gasteiger partial charge in [0.25, 0.3) is 0 Å². The number of halogens is 1. The maximum atomic E-state index is 3.78. The topological polar surface area (TPSA) is 0 Å². The minimum atomic E-state index is 0. The molecule has 11 heavy (non-hydrogen) atoms. The van der Waals surface area contributed by atoms with Crippen molar-refractivity contribution in [1.29, 1.82) is 0 Å². The molecular formula is C9H18IN. The molecule has 66 valence electrons. The molecule has 0 aliphatic carbocycles. The van der Waals surface area contributed by atoms with Crippen LogP contribution in [0.4, 0.5) is 0 Å². The summed E-state index contributed by atoms with van der Waals surface area (Å²) in [5.74, 6) is 0. The van der Waals surface area contributed by atoms with Gasteiger partial charge in [0.05, 0.1) is 26.7 Å². The quantitative estimate of drug-likeness (QED) is 0.335. The molecule has 0 aromatic heterocycles. The third-order valence-corrected chi connectivity index (χ3v) is 2.47. The summed E-state index contributed by atoms with van der Waals surface area (Å²) in [5.41, 5.74) is 0. The highest BCUT2D eigenvalue weighted by Crippen LogP contribution is 2.15. The van der Waals surface area contributed by atoms with Crippen molar-refractivity contribution in [3.63, 3.8) is 0 Å². The predicted molar refractivity (Wildman–Crippen MR) is 44.8 cm³/mol. The molecule has 1 fully saturated rings. The fourth-order valence-corrected chi connectivity index (χ4v) is 1.77. The number of likely N-dealkylation sites (tertiary alicyclic amines) is 1. The molecule has 1 aliphatic rings. The smallest absolute Gasteiger partial charge is 0.0969 e. The molecule has 0 unspecified atom stereocenters. The largest absolute Gasteiger partial charge is 1.00 e. The zero-order chi connectivity index (χ0) is 7.45. The van der Waals surface area contributed by atoms with Gasteiger partial charge in [-0.3, -0.25) is 0 Å². The molecule has 0 atom stereocenters. The Morgan fingerprint density at radius 2 is 1.82 bits per heavy atom. The molecule has 0 aromatic rings. The van der Waals surface area contributed by atoms with Gasteiger partial charge in [0, 0.05) is 0 Å². The summed E-state index contributed by atoms with van der Waals surface area (Å²) in [4.78, 5) is 0. The number of hydrogen-bond acceptors (Lipinski definition) is 0. The van der Waals surface area contributed by atoms with E-state index in [1.807, 2.05) is 6.08 Å². The SMILES string of the molecule is C=CC[N+]1(C)CCCCC1.[I-]. The van der Waals surface area contributed by atoms with Crippen molar-refractivity contribution in [2.75, 3.05) is 26.7 Å². The molecule has 0 spiro atoms. The van der Waals surface area contributed by atoms with Crippen molar-refractivity contribution in [1.82, 2.24) is 0 Å². The molecule has 0 bridgehead atoms. The van der Waals surface area contributed by atoms with E-state index in [-0.39, 0.29) is 24.0 Å². The van der Waals surface area contributed by atoms with Crippen LogP contribution in [0.1, 0.15) is 19.3 Å². The van der Waals surface area contributed by atoms with Gasteiger partial charge in [-0.05, 0) is 25.3 Å². The van der Waals surface area contributed by atoms with Crippen LogP contribution in [0.5, 0.6) is 0 Å². The third-order valence-electron chi connectivity index (χ3n) is 2.47. The second-order valence-electron chi connectivity index (χ2n) is 3.60. The molecule has 0 radical (unpaired) electrons. The van der Waals surface area contributed by atoms with Gasteiger partial charge in [-0.15, -0.1) is 0 Å². The number of rotatable bonds is 2. The molecule has 1 nitrogen and oxygen atoms in total. The van der Waals surface area contributed by atoms with E-state index < -0.39 is 0 Å². The van der Waals surface area contributed by atoms with Gasteiger partial charge in [-0.1, -0.05) is 6.58 Å². The Hall–Kier alpha value is 0.430. The highest BCUT2D eigenvalue weighted by Gasteiger charge is 2.22. The molecule has 0 saturated carbocycles. The van der Waals surface area contributed by atoms with Crippen LogP contribution in [0.3, 0.4) is 0 Å². The summed E-state index contributed by atoms with van der Waals surface area (Å²) in [7, 11) is 2.33. The fourth-order valence-electron chi connectivity index (χ4n) is 1.77. The van der Waals surface area contributed by atoms with Crippen molar-refractivity contribution in [3.8, 4) is 0 Å². The Kier molecular flexibility index (Phi) is 5.34. The summed E-state index contributed by atoms with van der Waals surface area (Å²) in [6.45, 7) is 7.64. The molecule has 1 heterocycles. The average molecular weight is 267 g/mol. The van der Waals surface area contributed by atoms with Gasteiger partial charge in [0.2, 0.25) is 0 Å². The first-order chi connectivity index (χ1) is 4.77. The monoisotopic (exact) mass is 267 g/mol. The molecule has 1 rings (SSSR count). The van der Waals surface area contributed by atoms with Gasteiger partial charge < -0.3 is 28.5 Å². The highest BCUT2D eigenvalue weighted by atomic mass is 127. The first-order valence-electron chi connectivity index (χ1n) is 4.21. The summed E-state index contributed by atoms with van der Waals surface area (Å²) in [6.07, 6.45) is 6.30. The second kappa shape index (κ2) is 5.14. The van der Waals surface area contributed by atoms with Crippen LogP contribution in [0.15, 0.2) is 12.7 Å². The van der Waals surface area contributed by atoms with E-state index in [9.17, 15) is 0 Å².